The van der Waals surface area contributed by atoms with Crippen LogP contribution in [0.1, 0.15) is 0 Å². The highest BCUT2D eigenvalue weighted by molar-refractivity contribution is 7.91. The number of nitrogens with one attached hydrogen (secondary N) is 1. The monoisotopic (exact) mass is 264 g/mol. The van der Waals surface area contributed by atoms with Gasteiger partial charge < -0.3 is 20.1 Å². The fourth-order valence-corrected chi connectivity index (χ4v) is 4.07. The van der Waals surface area contributed by atoms with E-state index >= 15 is 0 Å². The van der Waals surface area contributed by atoms with Crippen molar-refractivity contribution in [1.82, 2.24) is 10.2 Å². The Morgan fingerprint density at radius 1 is 1.47 bits per heavy atom. The van der Waals surface area contributed by atoms with E-state index in [1.165, 1.54) is 0 Å². The van der Waals surface area contributed by atoms with Crippen molar-refractivity contribution in [3.8, 4) is 0 Å². The van der Waals surface area contributed by atoms with E-state index in [1.807, 2.05) is 7.05 Å². The van der Waals surface area contributed by atoms with Crippen molar-refractivity contribution in [2.75, 3.05) is 44.8 Å². The standard InChI is InChI=1S/C10H20N2O4S/c1-12-2-3-16-8(5-12)4-11-9-6-17(14,15)7-10(9)13/h8-11,13H,2-7H2,1H3. The Morgan fingerprint density at radius 2 is 2.24 bits per heavy atom. The zero-order valence-corrected chi connectivity index (χ0v) is 10.8. The Balaban J connectivity index is 1.78. The minimum absolute atomic E-state index is 0.0245. The van der Waals surface area contributed by atoms with Crippen molar-refractivity contribution < 1.29 is 18.3 Å². The fourth-order valence-electron chi connectivity index (χ4n) is 2.30. The van der Waals surface area contributed by atoms with Gasteiger partial charge in [-0.3, -0.25) is 0 Å². The number of rotatable bonds is 3. The van der Waals surface area contributed by atoms with Crippen LogP contribution in [0.25, 0.3) is 0 Å². The van der Waals surface area contributed by atoms with Crippen LogP contribution < -0.4 is 5.32 Å². The first-order valence-electron chi connectivity index (χ1n) is 5.88. The lowest BCUT2D eigenvalue weighted by Gasteiger charge is -2.31. The third kappa shape index (κ3) is 3.62. The van der Waals surface area contributed by atoms with Crippen LogP contribution in [-0.2, 0) is 14.6 Å². The maximum atomic E-state index is 11.3. The van der Waals surface area contributed by atoms with Crippen LogP contribution in [0.3, 0.4) is 0 Å². The molecule has 7 heteroatoms. The topological polar surface area (TPSA) is 78.9 Å². The predicted octanol–water partition coefficient (Wildman–Crippen LogP) is -1.94. The number of nitrogens with zero attached hydrogens (tertiary/aromatic N) is 1. The van der Waals surface area contributed by atoms with E-state index in [1.54, 1.807) is 0 Å². The molecule has 3 atom stereocenters. The second-order valence-electron chi connectivity index (χ2n) is 4.91. The van der Waals surface area contributed by atoms with E-state index in [-0.39, 0.29) is 23.7 Å². The molecular weight excluding hydrogens is 244 g/mol. The summed E-state index contributed by atoms with van der Waals surface area (Å²) in [4.78, 5) is 2.18. The maximum absolute atomic E-state index is 11.3. The molecule has 0 aromatic rings. The third-order valence-electron chi connectivity index (χ3n) is 3.27. The zero-order valence-electron chi connectivity index (χ0n) is 10.0. The summed E-state index contributed by atoms with van der Waals surface area (Å²) in [6, 6.07) is -0.351. The van der Waals surface area contributed by atoms with E-state index in [9.17, 15) is 13.5 Å². The molecule has 2 aliphatic rings. The van der Waals surface area contributed by atoms with E-state index in [0.717, 1.165) is 13.1 Å². The molecule has 3 unspecified atom stereocenters. The van der Waals surface area contributed by atoms with Gasteiger partial charge in [0.25, 0.3) is 0 Å². The molecule has 6 nitrogen and oxygen atoms in total. The summed E-state index contributed by atoms with van der Waals surface area (Å²) < 4.78 is 28.2. The number of aliphatic hydroxyl groups excluding tert-OH is 1. The van der Waals surface area contributed by atoms with Gasteiger partial charge in [-0.2, -0.15) is 0 Å². The van der Waals surface area contributed by atoms with Crippen molar-refractivity contribution in [2.24, 2.45) is 0 Å². The smallest absolute Gasteiger partial charge is 0.154 e. The summed E-state index contributed by atoms with van der Waals surface area (Å²) in [5.41, 5.74) is 0. The van der Waals surface area contributed by atoms with Gasteiger partial charge in [-0.15, -0.1) is 0 Å². The van der Waals surface area contributed by atoms with Gasteiger partial charge in [-0.05, 0) is 7.05 Å². The minimum atomic E-state index is -3.07. The van der Waals surface area contributed by atoms with E-state index in [2.05, 4.69) is 10.2 Å². The maximum Gasteiger partial charge on any atom is 0.154 e. The lowest BCUT2D eigenvalue weighted by atomic mass is 10.2. The summed E-state index contributed by atoms with van der Waals surface area (Å²) in [6.45, 7) is 3.05. The number of ether oxygens (including phenoxy) is 1. The molecule has 0 spiro atoms. The Labute approximate surface area is 102 Å². The lowest BCUT2D eigenvalue weighted by molar-refractivity contribution is -0.0205. The molecule has 0 amide bonds. The Bertz CT molecular complexity index is 359. The summed E-state index contributed by atoms with van der Waals surface area (Å²) in [5.74, 6) is -0.104. The van der Waals surface area contributed by atoms with E-state index in [0.29, 0.717) is 13.2 Å². The zero-order chi connectivity index (χ0) is 12.5. The molecule has 0 aromatic carbocycles. The second-order valence-corrected chi connectivity index (χ2v) is 7.07. The van der Waals surface area contributed by atoms with Crippen LogP contribution >= 0.6 is 0 Å². The summed E-state index contributed by atoms with van der Waals surface area (Å²) in [7, 11) is -1.04. The minimum Gasteiger partial charge on any atom is -0.390 e. The summed E-state index contributed by atoms with van der Waals surface area (Å²) >= 11 is 0. The van der Waals surface area contributed by atoms with Crippen LogP contribution in [0.4, 0.5) is 0 Å². The first-order valence-corrected chi connectivity index (χ1v) is 7.70. The lowest BCUT2D eigenvalue weighted by Crippen LogP contribution is -2.49. The highest BCUT2D eigenvalue weighted by Gasteiger charge is 2.36. The fraction of sp³-hybridized carbons (Fsp3) is 1.00. The Hall–Kier alpha value is -0.210. The molecule has 0 saturated carbocycles. The van der Waals surface area contributed by atoms with Gasteiger partial charge in [0.2, 0.25) is 0 Å². The van der Waals surface area contributed by atoms with Gasteiger partial charge in [-0.25, -0.2) is 8.42 Å². The molecule has 100 valence electrons. The molecule has 0 aliphatic carbocycles. The van der Waals surface area contributed by atoms with Gasteiger partial charge in [0.1, 0.15) is 0 Å². The van der Waals surface area contributed by atoms with E-state index < -0.39 is 15.9 Å². The number of hydrogen-bond acceptors (Lipinski definition) is 6. The van der Waals surface area contributed by atoms with Gasteiger partial charge >= 0.3 is 0 Å². The Kier molecular flexibility index (Phi) is 4.04. The molecule has 0 radical (unpaired) electrons. The van der Waals surface area contributed by atoms with Crippen molar-refractivity contribution in [3.05, 3.63) is 0 Å². The molecule has 0 aromatic heterocycles. The average molecular weight is 264 g/mol. The first-order chi connectivity index (χ1) is 7.96. The predicted molar refractivity (Wildman–Crippen MR) is 63.7 cm³/mol. The molecule has 0 bridgehead atoms. The summed E-state index contributed by atoms with van der Waals surface area (Å²) in [6.07, 6.45) is -0.717. The molecule has 17 heavy (non-hydrogen) atoms. The van der Waals surface area contributed by atoms with Crippen molar-refractivity contribution >= 4 is 9.84 Å². The highest BCUT2D eigenvalue weighted by Crippen LogP contribution is 2.13. The summed E-state index contributed by atoms with van der Waals surface area (Å²) in [5, 5.41) is 12.7. The second kappa shape index (κ2) is 5.19. The molecule has 2 rings (SSSR count). The van der Waals surface area contributed by atoms with Crippen LogP contribution in [0.5, 0.6) is 0 Å². The largest absolute Gasteiger partial charge is 0.390 e. The first kappa shape index (κ1) is 13.2. The number of sulfone groups is 1. The quantitative estimate of drug-likeness (QED) is 0.618. The van der Waals surface area contributed by atoms with Crippen LogP contribution in [0.2, 0.25) is 0 Å². The van der Waals surface area contributed by atoms with Gasteiger partial charge in [0.15, 0.2) is 9.84 Å². The number of hydrogen-bond donors (Lipinski definition) is 2. The average Bonchev–Trinajstić information content (AvgIpc) is 2.49. The van der Waals surface area contributed by atoms with Crippen molar-refractivity contribution in [2.45, 2.75) is 18.2 Å². The molecule has 2 heterocycles. The third-order valence-corrected chi connectivity index (χ3v) is 4.99. The number of aliphatic hydroxyl groups is 1. The Morgan fingerprint density at radius 3 is 2.82 bits per heavy atom. The molecule has 2 N–H and O–H groups in total. The van der Waals surface area contributed by atoms with Crippen LogP contribution in [-0.4, -0.2) is 81.5 Å². The number of likely N-dealkylation sites (N-methyl/N-ethyl adjacent to an activating group) is 1. The van der Waals surface area contributed by atoms with Gasteiger partial charge in [-0.1, -0.05) is 0 Å². The molecule has 2 aliphatic heterocycles. The SMILES string of the molecule is CN1CCOC(CNC2CS(=O)(=O)CC2O)C1. The van der Waals surface area contributed by atoms with E-state index in [4.69, 9.17) is 4.74 Å². The van der Waals surface area contributed by atoms with Crippen LogP contribution in [0.15, 0.2) is 0 Å². The van der Waals surface area contributed by atoms with Gasteiger partial charge in [0.05, 0.1) is 30.3 Å². The van der Waals surface area contributed by atoms with Crippen molar-refractivity contribution in [1.29, 1.82) is 0 Å². The van der Waals surface area contributed by atoms with Crippen molar-refractivity contribution in [3.63, 3.8) is 0 Å². The molecule has 2 fully saturated rings. The molecule has 2 saturated heterocycles. The molecular formula is C10H20N2O4S. The van der Waals surface area contributed by atoms with Crippen LogP contribution in [0, 0.1) is 0 Å². The highest BCUT2D eigenvalue weighted by atomic mass is 32.2. The van der Waals surface area contributed by atoms with Gasteiger partial charge in [0, 0.05) is 25.7 Å². The number of morpholine rings is 1. The normalized spacial score (nSPS) is 38.4.